The van der Waals surface area contributed by atoms with Crippen molar-refractivity contribution in [3.8, 4) is 0 Å². The Hall–Kier alpha value is -3.10. The second-order valence-electron chi connectivity index (χ2n) is 10.3. The van der Waals surface area contributed by atoms with Crippen molar-refractivity contribution < 1.29 is 18.7 Å². The van der Waals surface area contributed by atoms with Gasteiger partial charge in [-0.2, -0.15) is 0 Å². The van der Waals surface area contributed by atoms with Crippen LogP contribution in [0.5, 0.6) is 0 Å². The van der Waals surface area contributed by atoms with Crippen molar-refractivity contribution in [2.24, 2.45) is 17.8 Å². The Balaban J connectivity index is 1.41. The Bertz CT molecular complexity index is 1260. The number of pyridine rings is 2. The molecule has 0 saturated carbocycles. The second-order valence-corrected chi connectivity index (χ2v) is 10.7. The molecular formula is C28H29ClF2N4O2. The second kappa shape index (κ2) is 9.99. The molecule has 0 aliphatic carbocycles. The van der Waals surface area contributed by atoms with Gasteiger partial charge in [0.2, 0.25) is 5.91 Å². The topological polar surface area (TPSA) is 69.6 Å². The Morgan fingerprint density at radius 2 is 1.68 bits per heavy atom. The predicted molar refractivity (Wildman–Crippen MR) is 137 cm³/mol. The standard InChI is InChI=1S/C28H29ClF2N4O2/c1-17-13-35(14-18(2)28(17,37)19-3-6-21(30)7-4-19)27(36)25-16-34(23-9-22(31)11-32-12-23)15-24(25)26-8-5-20(29)10-33-26/h3-12,17-18,24-25,37H,13-16H2,1-2H3/t17?,18?,24-,25-,28?/m1/s1. The molecule has 0 spiro atoms. The highest BCUT2D eigenvalue weighted by Crippen LogP contribution is 2.43. The fourth-order valence-electron chi connectivity index (χ4n) is 5.94. The van der Waals surface area contributed by atoms with Crippen molar-refractivity contribution in [1.82, 2.24) is 14.9 Å². The monoisotopic (exact) mass is 526 g/mol. The average molecular weight is 527 g/mol. The molecular weight excluding hydrogens is 498 g/mol. The molecule has 2 aromatic heterocycles. The van der Waals surface area contributed by atoms with Gasteiger partial charge in [0.15, 0.2) is 0 Å². The van der Waals surface area contributed by atoms with Gasteiger partial charge < -0.3 is 14.9 Å². The van der Waals surface area contributed by atoms with Crippen molar-refractivity contribution in [1.29, 1.82) is 0 Å². The Morgan fingerprint density at radius 3 is 2.30 bits per heavy atom. The number of carbonyl (C=O) groups excluding carboxylic acids is 1. The van der Waals surface area contributed by atoms with Crippen molar-refractivity contribution in [3.63, 3.8) is 0 Å². The van der Waals surface area contributed by atoms with Gasteiger partial charge in [-0.05, 0) is 29.8 Å². The van der Waals surface area contributed by atoms with E-state index in [1.54, 1.807) is 30.6 Å². The van der Waals surface area contributed by atoms with Crippen LogP contribution in [0.4, 0.5) is 14.5 Å². The van der Waals surface area contributed by atoms with Crippen LogP contribution < -0.4 is 4.90 Å². The van der Waals surface area contributed by atoms with E-state index in [-0.39, 0.29) is 29.5 Å². The number of benzene rings is 1. The summed E-state index contributed by atoms with van der Waals surface area (Å²) in [5.41, 5.74) is 0.821. The Morgan fingerprint density at radius 1 is 0.973 bits per heavy atom. The number of halogens is 3. The third-order valence-corrected chi connectivity index (χ3v) is 8.16. The van der Waals surface area contributed by atoms with Crippen LogP contribution >= 0.6 is 11.6 Å². The number of rotatable bonds is 4. The molecule has 1 amide bonds. The molecule has 2 aliphatic rings. The van der Waals surface area contributed by atoms with E-state index >= 15 is 0 Å². The summed E-state index contributed by atoms with van der Waals surface area (Å²) in [6.07, 6.45) is 4.31. The number of anilines is 1. The lowest BCUT2D eigenvalue weighted by Gasteiger charge is -2.48. The van der Waals surface area contributed by atoms with E-state index in [1.807, 2.05) is 29.7 Å². The van der Waals surface area contributed by atoms with Crippen LogP contribution in [0.25, 0.3) is 0 Å². The average Bonchev–Trinajstić information content (AvgIpc) is 3.33. The van der Waals surface area contributed by atoms with E-state index < -0.39 is 17.3 Å². The van der Waals surface area contributed by atoms with Gasteiger partial charge in [-0.15, -0.1) is 0 Å². The zero-order valence-electron chi connectivity index (χ0n) is 20.7. The van der Waals surface area contributed by atoms with Crippen molar-refractivity contribution >= 4 is 23.2 Å². The number of hydrogen-bond acceptors (Lipinski definition) is 5. The number of aliphatic hydroxyl groups is 1. The van der Waals surface area contributed by atoms with E-state index in [4.69, 9.17) is 11.6 Å². The third-order valence-electron chi connectivity index (χ3n) is 7.93. The summed E-state index contributed by atoms with van der Waals surface area (Å²) in [4.78, 5) is 26.2. The van der Waals surface area contributed by atoms with Crippen molar-refractivity contribution in [2.75, 3.05) is 31.1 Å². The van der Waals surface area contributed by atoms with Crippen molar-refractivity contribution in [2.45, 2.75) is 25.4 Å². The van der Waals surface area contributed by atoms with Crippen LogP contribution in [0.15, 0.2) is 61.1 Å². The number of carbonyl (C=O) groups is 1. The molecule has 2 unspecified atom stereocenters. The maximum Gasteiger partial charge on any atom is 0.228 e. The lowest BCUT2D eigenvalue weighted by atomic mass is 9.70. The summed E-state index contributed by atoms with van der Waals surface area (Å²) in [5, 5.41) is 12.2. The fourth-order valence-corrected chi connectivity index (χ4v) is 6.06. The first-order valence-electron chi connectivity index (χ1n) is 12.4. The van der Waals surface area contributed by atoms with Gasteiger partial charge in [-0.1, -0.05) is 37.6 Å². The summed E-state index contributed by atoms with van der Waals surface area (Å²) < 4.78 is 27.4. The van der Waals surface area contributed by atoms with Gasteiger partial charge in [-0.25, -0.2) is 8.78 Å². The quantitative estimate of drug-likeness (QED) is 0.537. The molecule has 194 valence electrons. The van der Waals surface area contributed by atoms with Crippen LogP contribution in [0.3, 0.4) is 0 Å². The van der Waals surface area contributed by atoms with E-state index in [9.17, 15) is 18.7 Å². The van der Waals surface area contributed by atoms with Crippen LogP contribution in [0.1, 0.15) is 31.0 Å². The Kier molecular flexibility index (Phi) is 6.89. The third kappa shape index (κ3) is 4.80. The molecule has 6 nitrogen and oxygen atoms in total. The first kappa shape index (κ1) is 25.5. The number of amides is 1. The summed E-state index contributed by atoms with van der Waals surface area (Å²) in [5.74, 6) is -2.03. The molecule has 3 aromatic rings. The number of likely N-dealkylation sites (tertiary alicyclic amines) is 1. The van der Waals surface area contributed by atoms with E-state index in [2.05, 4.69) is 9.97 Å². The van der Waals surface area contributed by atoms with Crippen LogP contribution in [-0.2, 0) is 10.4 Å². The van der Waals surface area contributed by atoms with Gasteiger partial charge in [-0.3, -0.25) is 14.8 Å². The molecule has 1 aromatic carbocycles. The van der Waals surface area contributed by atoms with Gasteiger partial charge in [0.1, 0.15) is 11.6 Å². The highest BCUT2D eigenvalue weighted by Gasteiger charge is 2.49. The number of piperidine rings is 1. The van der Waals surface area contributed by atoms with Gasteiger partial charge in [0.05, 0.1) is 34.6 Å². The summed E-state index contributed by atoms with van der Waals surface area (Å²) in [7, 11) is 0. The molecule has 2 saturated heterocycles. The smallest absolute Gasteiger partial charge is 0.228 e. The maximum atomic E-state index is 14.0. The molecule has 5 rings (SSSR count). The van der Waals surface area contributed by atoms with E-state index in [1.165, 1.54) is 18.2 Å². The first-order chi connectivity index (χ1) is 17.7. The molecule has 0 radical (unpaired) electrons. The van der Waals surface area contributed by atoms with Crippen LogP contribution in [0, 0.1) is 29.4 Å². The lowest BCUT2D eigenvalue weighted by molar-refractivity contribution is -0.152. The van der Waals surface area contributed by atoms with Crippen molar-refractivity contribution in [3.05, 3.63) is 89.0 Å². The largest absolute Gasteiger partial charge is 0.384 e. The molecule has 4 heterocycles. The molecule has 0 bridgehead atoms. The number of nitrogens with zero attached hydrogens (tertiary/aromatic N) is 4. The first-order valence-corrected chi connectivity index (χ1v) is 12.8. The molecule has 2 fully saturated rings. The highest BCUT2D eigenvalue weighted by molar-refractivity contribution is 6.30. The minimum atomic E-state index is -1.18. The SMILES string of the molecule is CC1CN(C(=O)[C@@H]2CN(c3cncc(F)c3)C[C@H]2c2ccc(Cl)cn2)CC(C)C1(O)c1ccc(F)cc1. The fraction of sp³-hybridized carbons (Fsp3) is 0.393. The molecule has 9 heteroatoms. The van der Waals surface area contributed by atoms with Crippen LogP contribution in [0.2, 0.25) is 5.02 Å². The molecule has 4 atom stereocenters. The number of hydrogen-bond donors (Lipinski definition) is 1. The Labute approximate surface area is 219 Å². The zero-order valence-corrected chi connectivity index (χ0v) is 21.4. The normalized spacial score (nSPS) is 27.9. The highest BCUT2D eigenvalue weighted by atomic mass is 35.5. The van der Waals surface area contributed by atoms with E-state index in [0.717, 1.165) is 11.9 Å². The van der Waals surface area contributed by atoms with Gasteiger partial charge in [0, 0.05) is 61.9 Å². The summed E-state index contributed by atoms with van der Waals surface area (Å²) in [6, 6.07) is 10.9. The predicted octanol–water partition coefficient (Wildman–Crippen LogP) is 4.63. The zero-order chi connectivity index (χ0) is 26.3. The number of aromatic nitrogens is 2. The molecule has 37 heavy (non-hydrogen) atoms. The minimum absolute atomic E-state index is 0.0338. The summed E-state index contributed by atoms with van der Waals surface area (Å²) in [6.45, 7) is 5.41. The van der Waals surface area contributed by atoms with Gasteiger partial charge in [0.25, 0.3) is 0 Å². The van der Waals surface area contributed by atoms with E-state index in [0.29, 0.717) is 42.5 Å². The van der Waals surface area contributed by atoms with Crippen LogP contribution in [-0.4, -0.2) is 52.1 Å². The summed E-state index contributed by atoms with van der Waals surface area (Å²) >= 11 is 6.06. The molecule has 1 N–H and O–H groups in total. The molecule has 2 aliphatic heterocycles. The van der Waals surface area contributed by atoms with Gasteiger partial charge >= 0.3 is 0 Å². The minimum Gasteiger partial charge on any atom is -0.384 e. The maximum absolute atomic E-state index is 14.0. The lowest BCUT2D eigenvalue weighted by Crippen LogP contribution is -2.57.